The monoisotopic (exact) mass is 279 g/mol. The van der Waals surface area contributed by atoms with Crippen molar-refractivity contribution in [2.24, 2.45) is 5.92 Å². The van der Waals surface area contributed by atoms with Gasteiger partial charge in [0.1, 0.15) is 0 Å². The summed E-state index contributed by atoms with van der Waals surface area (Å²) in [5, 5.41) is 3.69. The maximum Gasteiger partial charge on any atom is 0.0935 e. The molecule has 0 bridgehead atoms. The van der Waals surface area contributed by atoms with Gasteiger partial charge in [0.25, 0.3) is 0 Å². The molecule has 3 nitrogen and oxygen atoms in total. The predicted molar refractivity (Wildman–Crippen MR) is 81.9 cm³/mol. The second kappa shape index (κ2) is 8.48. The van der Waals surface area contributed by atoms with Crippen LogP contribution in [0.5, 0.6) is 0 Å². The first kappa shape index (κ1) is 15.6. The third kappa shape index (κ3) is 4.35. The molecule has 2 rings (SSSR count). The first-order valence-corrected chi connectivity index (χ1v) is 8.12. The van der Waals surface area contributed by atoms with Gasteiger partial charge in [0.2, 0.25) is 0 Å². The van der Waals surface area contributed by atoms with Crippen LogP contribution in [0.3, 0.4) is 0 Å². The number of furan rings is 1. The second-order valence-electron chi connectivity index (χ2n) is 5.99. The second-order valence-corrected chi connectivity index (χ2v) is 5.99. The summed E-state index contributed by atoms with van der Waals surface area (Å²) < 4.78 is 11.1. The molecule has 0 aliphatic heterocycles. The van der Waals surface area contributed by atoms with Crippen molar-refractivity contribution in [3.63, 3.8) is 0 Å². The fraction of sp³-hybridized carbons (Fsp3) is 0.765. The van der Waals surface area contributed by atoms with E-state index >= 15 is 0 Å². The van der Waals surface area contributed by atoms with Crippen LogP contribution in [-0.2, 0) is 11.2 Å². The molecular formula is C17H29NO2. The largest absolute Gasteiger partial charge is 0.472 e. The van der Waals surface area contributed by atoms with Crippen molar-refractivity contribution in [1.29, 1.82) is 0 Å². The fourth-order valence-corrected chi connectivity index (χ4v) is 3.44. The van der Waals surface area contributed by atoms with E-state index in [9.17, 15) is 0 Å². The molecule has 0 spiro atoms. The molecule has 0 radical (unpaired) electrons. The zero-order valence-electron chi connectivity index (χ0n) is 12.9. The van der Waals surface area contributed by atoms with E-state index < -0.39 is 0 Å². The van der Waals surface area contributed by atoms with Crippen LogP contribution in [0.15, 0.2) is 23.0 Å². The third-order valence-corrected chi connectivity index (χ3v) is 4.48. The summed E-state index contributed by atoms with van der Waals surface area (Å²) in [6.07, 6.45) is 12.8. The van der Waals surface area contributed by atoms with Gasteiger partial charge in [-0.05, 0) is 49.8 Å². The van der Waals surface area contributed by atoms with Crippen molar-refractivity contribution >= 4 is 0 Å². The van der Waals surface area contributed by atoms with Gasteiger partial charge < -0.3 is 14.5 Å². The molecule has 1 aliphatic carbocycles. The number of rotatable bonds is 8. The van der Waals surface area contributed by atoms with Gasteiger partial charge in [-0.3, -0.25) is 0 Å². The Morgan fingerprint density at radius 2 is 2.15 bits per heavy atom. The van der Waals surface area contributed by atoms with Gasteiger partial charge in [0, 0.05) is 13.2 Å². The minimum absolute atomic E-state index is 0.316. The molecule has 0 saturated heterocycles. The summed E-state index contributed by atoms with van der Waals surface area (Å²) in [6, 6.07) is 2.45. The van der Waals surface area contributed by atoms with Gasteiger partial charge in [-0.25, -0.2) is 0 Å². The molecule has 1 fully saturated rings. The average Bonchev–Trinajstić information content (AvgIpc) is 2.99. The lowest BCUT2D eigenvalue weighted by Gasteiger charge is -2.35. The molecule has 1 saturated carbocycles. The minimum Gasteiger partial charge on any atom is -0.472 e. The normalized spacial score (nSPS) is 19.9. The van der Waals surface area contributed by atoms with Crippen molar-refractivity contribution in [3.05, 3.63) is 24.2 Å². The molecule has 20 heavy (non-hydrogen) atoms. The Kier molecular flexibility index (Phi) is 6.61. The van der Waals surface area contributed by atoms with Crippen LogP contribution in [-0.4, -0.2) is 25.8 Å². The molecular weight excluding hydrogens is 250 g/mol. The lowest BCUT2D eigenvalue weighted by Crippen LogP contribution is -2.47. The number of hydrogen-bond acceptors (Lipinski definition) is 3. The van der Waals surface area contributed by atoms with E-state index in [2.05, 4.69) is 18.3 Å². The number of nitrogens with one attached hydrogen (secondary N) is 1. The molecule has 0 amide bonds. The average molecular weight is 279 g/mol. The smallest absolute Gasteiger partial charge is 0.0935 e. The highest BCUT2D eigenvalue weighted by Crippen LogP contribution is 2.30. The van der Waals surface area contributed by atoms with Gasteiger partial charge in [-0.2, -0.15) is 0 Å². The first-order chi connectivity index (χ1) is 9.85. The highest BCUT2D eigenvalue weighted by Gasteiger charge is 2.30. The highest BCUT2D eigenvalue weighted by molar-refractivity contribution is 5.08. The maximum atomic E-state index is 5.90. The summed E-state index contributed by atoms with van der Waals surface area (Å²) in [5.41, 5.74) is 1.26. The summed E-state index contributed by atoms with van der Waals surface area (Å²) in [4.78, 5) is 0. The Labute approximate surface area is 123 Å². The molecule has 114 valence electrons. The van der Waals surface area contributed by atoms with Crippen molar-refractivity contribution in [1.82, 2.24) is 5.32 Å². The lowest BCUT2D eigenvalue weighted by molar-refractivity contribution is 0.00831. The van der Waals surface area contributed by atoms with Crippen molar-refractivity contribution in [2.45, 2.75) is 64.0 Å². The Bertz CT molecular complexity index is 344. The van der Waals surface area contributed by atoms with Crippen LogP contribution in [0.4, 0.5) is 0 Å². The highest BCUT2D eigenvalue weighted by atomic mass is 16.5. The van der Waals surface area contributed by atoms with E-state index in [0.29, 0.717) is 18.1 Å². The number of hydrogen-bond donors (Lipinski definition) is 1. The van der Waals surface area contributed by atoms with Crippen LogP contribution in [0, 0.1) is 5.92 Å². The molecule has 1 heterocycles. The first-order valence-electron chi connectivity index (χ1n) is 8.12. The molecule has 2 unspecified atom stereocenters. The summed E-state index contributed by atoms with van der Waals surface area (Å²) in [7, 11) is 1.87. The maximum absolute atomic E-state index is 5.90. The van der Waals surface area contributed by atoms with Crippen LogP contribution >= 0.6 is 0 Å². The third-order valence-electron chi connectivity index (χ3n) is 4.48. The standard InChI is InChI=1S/C17H29NO2/c1-3-10-18-16(12-14-9-11-20-13-14)17(19-2)15-7-5-4-6-8-15/h9,11,13,15-18H,3-8,10,12H2,1-2H3. The molecule has 1 aliphatic rings. The lowest BCUT2D eigenvalue weighted by atomic mass is 9.81. The van der Waals surface area contributed by atoms with Gasteiger partial charge in [0.15, 0.2) is 0 Å². The van der Waals surface area contributed by atoms with Crippen LogP contribution in [0.2, 0.25) is 0 Å². The molecule has 0 aromatic carbocycles. The summed E-state index contributed by atoms with van der Waals surface area (Å²) in [6.45, 7) is 3.26. The van der Waals surface area contributed by atoms with Crippen LogP contribution in [0.1, 0.15) is 51.0 Å². The van der Waals surface area contributed by atoms with E-state index in [0.717, 1.165) is 19.4 Å². The Balaban J connectivity index is 2.01. The number of ether oxygens (including phenoxy) is 1. The Morgan fingerprint density at radius 1 is 1.35 bits per heavy atom. The predicted octanol–water partition coefficient (Wildman–Crippen LogP) is 3.79. The van der Waals surface area contributed by atoms with E-state index in [1.807, 2.05) is 13.4 Å². The van der Waals surface area contributed by atoms with Gasteiger partial charge in [-0.1, -0.05) is 26.2 Å². The molecule has 2 atom stereocenters. The minimum atomic E-state index is 0.316. The van der Waals surface area contributed by atoms with E-state index in [-0.39, 0.29) is 0 Å². The Morgan fingerprint density at radius 3 is 2.75 bits per heavy atom. The van der Waals surface area contributed by atoms with Gasteiger partial charge in [0.05, 0.1) is 18.6 Å². The Hall–Kier alpha value is -0.800. The van der Waals surface area contributed by atoms with Crippen LogP contribution < -0.4 is 5.32 Å². The topological polar surface area (TPSA) is 34.4 Å². The molecule has 1 aromatic rings. The number of methoxy groups -OCH3 is 1. The van der Waals surface area contributed by atoms with E-state index in [4.69, 9.17) is 9.15 Å². The molecule has 1 N–H and O–H groups in total. The fourth-order valence-electron chi connectivity index (χ4n) is 3.44. The van der Waals surface area contributed by atoms with Crippen LogP contribution in [0.25, 0.3) is 0 Å². The van der Waals surface area contributed by atoms with E-state index in [1.165, 1.54) is 37.7 Å². The van der Waals surface area contributed by atoms with Crippen molar-refractivity contribution < 1.29 is 9.15 Å². The SMILES string of the molecule is CCCNC(Cc1ccoc1)C(OC)C1CCCCC1. The molecule has 3 heteroatoms. The van der Waals surface area contributed by atoms with Crippen molar-refractivity contribution in [3.8, 4) is 0 Å². The van der Waals surface area contributed by atoms with E-state index in [1.54, 1.807) is 6.26 Å². The zero-order valence-corrected chi connectivity index (χ0v) is 12.9. The van der Waals surface area contributed by atoms with Gasteiger partial charge in [-0.15, -0.1) is 0 Å². The summed E-state index contributed by atoms with van der Waals surface area (Å²) >= 11 is 0. The van der Waals surface area contributed by atoms with Crippen molar-refractivity contribution in [2.75, 3.05) is 13.7 Å². The summed E-state index contributed by atoms with van der Waals surface area (Å²) in [5.74, 6) is 0.704. The zero-order chi connectivity index (χ0) is 14.2. The molecule has 1 aromatic heterocycles. The van der Waals surface area contributed by atoms with Gasteiger partial charge >= 0.3 is 0 Å². The quantitative estimate of drug-likeness (QED) is 0.786.